The molecule has 4 heteroatoms. The van der Waals surface area contributed by atoms with Gasteiger partial charge in [0.1, 0.15) is 5.82 Å². The van der Waals surface area contributed by atoms with Crippen molar-refractivity contribution in [2.24, 2.45) is 0 Å². The largest absolute Gasteiger partial charge is 0.388 e. The van der Waals surface area contributed by atoms with Gasteiger partial charge in [-0.05, 0) is 42.8 Å². The number of nitrogens with zero attached hydrogens (tertiary/aromatic N) is 2. The number of para-hydroxylation sites is 1. The average Bonchev–Trinajstić information content (AvgIpc) is 2.60. The van der Waals surface area contributed by atoms with Crippen LogP contribution in [0.4, 0.5) is 5.69 Å². The Bertz CT molecular complexity index is 866. The summed E-state index contributed by atoms with van der Waals surface area (Å²) in [5.41, 5.74) is 2.65. The number of benzene rings is 2. The van der Waals surface area contributed by atoms with Crippen LogP contribution in [0.25, 0.3) is 16.6 Å². The van der Waals surface area contributed by atoms with Gasteiger partial charge in [-0.25, -0.2) is 4.98 Å². The van der Waals surface area contributed by atoms with E-state index in [-0.39, 0.29) is 5.56 Å². The molecule has 0 aliphatic heterocycles. The Hall–Kier alpha value is -2.62. The van der Waals surface area contributed by atoms with Crippen LogP contribution in [-0.4, -0.2) is 16.6 Å². The summed E-state index contributed by atoms with van der Waals surface area (Å²) in [6.45, 7) is 2.14. The zero-order valence-corrected chi connectivity index (χ0v) is 13.5. The van der Waals surface area contributed by atoms with Crippen molar-refractivity contribution in [2.45, 2.75) is 26.2 Å². The van der Waals surface area contributed by atoms with Gasteiger partial charge in [-0.15, -0.1) is 0 Å². The maximum absolute atomic E-state index is 13.0. The lowest BCUT2D eigenvalue weighted by Gasteiger charge is -2.14. The molecule has 3 aromatic rings. The first-order chi connectivity index (χ1) is 11.2. The number of aromatic nitrogens is 2. The molecule has 1 N–H and O–H groups in total. The second kappa shape index (κ2) is 6.65. The number of fused-ring (bicyclic) bond motifs is 1. The summed E-state index contributed by atoms with van der Waals surface area (Å²) in [5, 5.41) is 3.75. The Kier molecular flexibility index (Phi) is 4.42. The predicted octanol–water partition coefficient (Wildman–Crippen LogP) is 3.77. The second-order valence-electron chi connectivity index (χ2n) is 5.59. The first-order valence-corrected chi connectivity index (χ1v) is 8.03. The lowest BCUT2D eigenvalue weighted by atomic mass is 10.2. The molecule has 3 rings (SSSR count). The highest BCUT2D eigenvalue weighted by atomic mass is 16.1. The quantitative estimate of drug-likeness (QED) is 0.780. The number of nitrogens with one attached hydrogen (secondary N) is 1. The Morgan fingerprint density at radius 2 is 1.83 bits per heavy atom. The molecule has 0 aliphatic rings. The summed E-state index contributed by atoms with van der Waals surface area (Å²) in [6.07, 6.45) is 2.88. The van der Waals surface area contributed by atoms with E-state index >= 15 is 0 Å². The predicted molar refractivity (Wildman–Crippen MR) is 95.5 cm³/mol. The smallest absolute Gasteiger partial charge is 0.265 e. The highest BCUT2D eigenvalue weighted by molar-refractivity contribution is 5.77. The van der Waals surface area contributed by atoms with Crippen LogP contribution in [0.5, 0.6) is 0 Å². The van der Waals surface area contributed by atoms with E-state index in [2.05, 4.69) is 12.2 Å². The molecule has 0 unspecified atom stereocenters. The van der Waals surface area contributed by atoms with Crippen molar-refractivity contribution in [1.29, 1.82) is 0 Å². The number of hydrogen-bond acceptors (Lipinski definition) is 3. The Balaban J connectivity index is 2.22. The van der Waals surface area contributed by atoms with Crippen molar-refractivity contribution in [1.82, 2.24) is 9.55 Å². The highest BCUT2D eigenvalue weighted by Gasteiger charge is 2.12. The van der Waals surface area contributed by atoms with Gasteiger partial charge in [-0.2, -0.15) is 0 Å². The maximum atomic E-state index is 13.0. The zero-order valence-electron chi connectivity index (χ0n) is 13.5. The van der Waals surface area contributed by atoms with E-state index < -0.39 is 0 Å². The van der Waals surface area contributed by atoms with Gasteiger partial charge in [0, 0.05) is 19.2 Å². The third-order valence-electron chi connectivity index (χ3n) is 4.01. The molecule has 0 saturated heterocycles. The minimum absolute atomic E-state index is 0.00101. The van der Waals surface area contributed by atoms with Gasteiger partial charge in [0.15, 0.2) is 0 Å². The van der Waals surface area contributed by atoms with E-state index in [0.717, 1.165) is 42.0 Å². The third-order valence-corrected chi connectivity index (χ3v) is 4.01. The number of unbranched alkanes of at least 4 members (excludes halogenated alkanes) is 1. The van der Waals surface area contributed by atoms with E-state index in [1.54, 1.807) is 4.57 Å². The van der Waals surface area contributed by atoms with Crippen molar-refractivity contribution in [3.63, 3.8) is 0 Å². The van der Waals surface area contributed by atoms with E-state index in [1.165, 1.54) is 0 Å². The summed E-state index contributed by atoms with van der Waals surface area (Å²) < 4.78 is 1.75. The summed E-state index contributed by atoms with van der Waals surface area (Å²) in [4.78, 5) is 17.7. The number of rotatable bonds is 5. The summed E-state index contributed by atoms with van der Waals surface area (Å²) in [5.74, 6) is 0.827. The van der Waals surface area contributed by atoms with E-state index in [4.69, 9.17) is 4.98 Å². The van der Waals surface area contributed by atoms with Crippen molar-refractivity contribution in [2.75, 3.05) is 12.4 Å². The van der Waals surface area contributed by atoms with Gasteiger partial charge in [0.25, 0.3) is 5.56 Å². The van der Waals surface area contributed by atoms with E-state index in [9.17, 15) is 4.79 Å². The summed E-state index contributed by atoms with van der Waals surface area (Å²) in [6, 6.07) is 15.4. The van der Waals surface area contributed by atoms with E-state index in [1.807, 2.05) is 55.6 Å². The van der Waals surface area contributed by atoms with Gasteiger partial charge in [-0.1, -0.05) is 25.5 Å². The Labute approximate surface area is 135 Å². The molecule has 0 saturated carbocycles. The van der Waals surface area contributed by atoms with E-state index in [0.29, 0.717) is 5.39 Å². The molecule has 4 nitrogen and oxygen atoms in total. The van der Waals surface area contributed by atoms with Crippen molar-refractivity contribution < 1.29 is 0 Å². The minimum Gasteiger partial charge on any atom is -0.388 e. The van der Waals surface area contributed by atoms with Gasteiger partial charge in [0.05, 0.1) is 16.6 Å². The molecular weight excluding hydrogens is 286 g/mol. The van der Waals surface area contributed by atoms with Crippen LogP contribution in [0.1, 0.15) is 25.6 Å². The monoisotopic (exact) mass is 307 g/mol. The summed E-state index contributed by atoms with van der Waals surface area (Å²) in [7, 11) is 1.88. The van der Waals surface area contributed by atoms with Gasteiger partial charge in [0.2, 0.25) is 0 Å². The van der Waals surface area contributed by atoms with Gasteiger partial charge in [-0.3, -0.25) is 9.36 Å². The van der Waals surface area contributed by atoms with Gasteiger partial charge < -0.3 is 5.32 Å². The van der Waals surface area contributed by atoms with Gasteiger partial charge >= 0.3 is 0 Å². The molecule has 1 heterocycles. The lowest BCUT2D eigenvalue weighted by Crippen LogP contribution is -2.24. The minimum atomic E-state index is -0.00101. The number of hydrogen-bond donors (Lipinski definition) is 1. The molecule has 2 aromatic carbocycles. The molecular formula is C19H21N3O. The fourth-order valence-corrected chi connectivity index (χ4v) is 2.72. The molecule has 0 spiro atoms. The molecule has 0 amide bonds. The molecule has 0 aliphatic carbocycles. The third kappa shape index (κ3) is 2.97. The standard InChI is InChI=1S/C19H21N3O/c1-3-4-9-18-21-17-8-6-5-7-16(17)19(23)22(18)15-12-10-14(20-2)11-13-15/h5-8,10-13,20H,3-4,9H2,1-2H3. The van der Waals surface area contributed by atoms with Crippen LogP contribution in [0, 0.1) is 0 Å². The van der Waals surface area contributed by atoms with Crippen LogP contribution >= 0.6 is 0 Å². The molecule has 0 radical (unpaired) electrons. The average molecular weight is 307 g/mol. The van der Waals surface area contributed by atoms with Crippen LogP contribution in [0.15, 0.2) is 53.3 Å². The molecule has 1 aromatic heterocycles. The molecule has 0 atom stereocenters. The van der Waals surface area contributed by atoms with Crippen LogP contribution in [0.3, 0.4) is 0 Å². The molecule has 0 bridgehead atoms. The number of anilines is 1. The molecule has 23 heavy (non-hydrogen) atoms. The zero-order chi connectivity index (χ0) is 16.2. The van der Waals surface area contributed by atoms with Crippen LogP contribution in [0.2, 0.25) is 0 Å². The van der Waals surface area contributed by atoms with Crippen molar-refractivity contribution in [3.05, 3.63) is 64.7 Å². The first-order valence-electron chi connectivity index (χ1n) is 8.03. The SMILES string of the molecule is CCCCc1nc2ccccc2c(=O)n1-c1ccc(NC)cc1. The highest BCUT2D eigenvalue weighted by Crippen LogP contribution is 2.16. The van der Waals surface area contributed by atoms with Crippen molar-refractivity contribution >= 4 is 16.6 Å². The van der Waals surface area contributed by atoms with Crippen LogP contribution < -0.4 is 10.9 Å². The molecule has 0 fully saturated rings. The number of aryl methyl sites for hydroxylation is 1. The fraction of sp³-hybridized carbons (Fsp3) is 0.263. The normalized spacial score (nSPS) is 10.9. The summed E-state index contributed by atoms with van der Waals surface area (Å²) >= 11 is 0. The Morgan fingerprint density at radius 1 is 1.09 bits per heavy atom. The van der Waals surface area contributed by atoms with Crippen molar-refractivity contribution in [3.8, 4) is 5.69 Å². The lowest BCUT2D eigenvalue weighted by molar-refractivity contribution is 0.720. The fourth-order valence-electron chi connectivity index (χ4n) is 2.72. The topological polar surface area (TPSA) is 46.9 Å². The van der Waals surface area contributed by atoms with Crippen LogP contribution in [-0.2, 0) is 6.42 Å². The molecule has 118 valence electrons. The first kappa shape index (κ1) is 15.3. The Morgan fingerprint density at radius 3 is 2.52 bits per heavy atom. The second-order valence-corrected chi connectivity index (χ2v) is 5.59. The maximum Gasteiger partial charge on any atom is 0.265 e.